The van der Waals surface area contributed by atoms with Gasteiger partial charge in [0.2, 0.25) is 5.91 Å². The number of amides is 1. The summed E-state index contributed by atoms with van der Waals surface area (Å²) in [5, 5.41) is 0. The average Bonchev–Trinajstić information content (AvgIpc) is 2.21. The molecule has 1 amide bonds. The molecule has 0 rings (SSSR count). The minimum atomic E-state index is -0.0889. The Hall–Kier alpha value is -0.610. The molecule has 0 spiro atoms. The van der Waals surface area contributed by atoms with Crippen LogP contribution in [0.2, 0.25) is 0 Å². The smallest absolute Gasteiger partial charge is 0.224 e. The molecule has 0 bridgehead atoms. The number of carbonyl (C=O) groups is 1. The molecule has 0 aromatic rings. The highest BCUT2D eigenvalue weighted by Gasteiger charge is 2.25. The van der Waals surface area contributed by atoms with Gasteiger partial charge in [0.05, 0.1) is 0 Å². The standard InChI is InChI=1S/C15H33N3O/c1-12(2)11-18(9-8-17(6)7)14(19)10-13(16)15(3,4)5/h12-13H,8-11,16H2,1-7H3. The Bertz CT molecular complexity index is 269. The predicted molar refractivity (Wildman–Crippen MR) is 82.0 cm³/mol. The Kier molecular flexibility index (Phi) is 7.60. The van der Waals surface area contributed by atoms with Crippen LogP contribution in [0.3, 0.4) is 0 Å². The molecule has 0 aromatic carbocycles. The Morgan fingerprint density at radius 1 is 1.16 bits per heavy atom. The molecule has 19 heavy (non-hydrogen) atoms. The summed E-state index contributed by atoms with van der Waals surface area (Å²) >= 11 is 0. The fourth-order valence-electron chi connectivity index (χ4n) is 1.70. The zero-order valence-corrected chi connectivity index (χ0v) is 13.9. The number of carbonyl (C=O) groups excluding carboxylic acids is 1. The normalized spacial score (nSPS) is 14.0. The second kappa shape index (κ2) is 7.85. The van der Waals surface area contributed by atoms with E-state index in [-0.39, 0.29) is 17.4 Å². The molecular formula is C15H33N3O. The average molecular weight is 271 g/mol. The molecule has 2 N–H and O–H groups in total. The van der Waals surface area contributed by atoms with Gasteiger partial charge in [0, 0.05) is 32.1 Å². The van der Waals surface area contributed by atoms with Crippen LogP contribution in [0.5, 0.6) is 0 Å². The van der Waals surface area contributed by atoms with E-state index in [1.54, 1.807) is 0 Å². The SMILES string of the molecule is CC(C)CN(CCN(C)C)C(=O)CC(N)C(C)(C)C. The van der Waals surface area contributed by atoms with Gasteiger partial charge < -0.3 is 15.5 Å². The molecule has 1 unspecified atom stereocenters. The summed E-state index contributed by atoms with van der Waals surface area (Å²) in [7, 11) is 4.05. The molecular weight excluding hydrogens is 238 g/mol. The number of hydrogen-bond donors (Lipinski definition) is 1. The molecule has 0 aliphatic heterocycles. The van der Waals surface area contributed by atoms with Crippen LogP contribution in [0, 0.1) is 11.3 Å². The van der Waals surface area contributed by atoms with E-state index in [0.717, 1.165) is 19.6 Å². The van der Waals surface area contributed by atoms with E-state index in [1.807, 2.05) is 19.0 Å². The topological polar surface area (TPSA) is 49.6 Å². The van der Waals surface area contributed by atoms with E-state index in [9.17, 15) is 4.79 Å². The molecule has 0 aliphatic carbocycles. The molecule has 0 heterocycles. The summed E-state index contributed by atoms with van der Waals surface area (Å²) in [5.74, 6) is 0.662. The van der Waals surface area contributed by atoms with Gasteiger partial charge in [-0.25, -0.2) is 0 Å². The monoisotopic (exact) mass is 271 g/mol. The van der Waals surface area contributed by atoms with Crippen molar-refractivity contribution >= 4 is 5.91 Å². The third-order valence-corrected chi connectivity index (χ3v) is 3.26. The fourth-order valence-corrected chi connectivity index (χ4v) is 1.70. The van der Waals surface area contributed by atoms with Crippen LogP contribution in [0.1, 0.15) is 41.0 Å². The predicted octanol–water partition coefficient (Wildman–Crippen LogP) is 1.80. The Balaban J connectivity index is 4.53. The van der Waals surface area contributed by atoms with E-state index < -0.39 is 0 Å². The van der Waals surface area contributed by atoms with Crippen molar-refractivity contribution in [3.05, 3.63) is 0 Å². The molecule has 114 valence electrons. The van der Waals surface area contributed by atoms with Gasteiger partial charge in [0.25, 0.3) is 0 Å². The molecule has 0 saturated carbocycles. The zero-order valence-electron chi connectivity index (χ0n) is 13.9. The first-order valence-corrected chi connectivity index (χ1v) is 7.22. The molecule has 4 heteroatoms. The third-order valence-electron chi connectivity index (χ3n) is 3.26. The van der Waals surface area contributed by atoms with E-state index in [1.165, 1.54) is 0 Å². The van der Waals surface area contributed by atoms with Crippen LogP contribution in [0.15, 0.2) is 0 Å². The molecule has 0 aliphatic rings. The van der Waals surface area contributed by atoms with Crippen LogP contribution < -0.4 is 5.73 Å². The maximum atomic E-state index is 12.4. The second-order valence-corrected chi connectivity index (χ2v) is 7.21. The number of likely N-dealkylation sites (N-methyl/N-ethyl adjacent to an activating group) is 1. The number of rotatable bonds is 7. The highest BCUT2D eigenvalue weighted by atomic mass is 16.2. The Morgan fingerprint density at radius 3 is 2.05 bits per heavy atom. The summed E-state index contributed by atoms with van der Waals surface area (Å²) in [6.07, 6.45) is 0.434. The maximum absolute atomic E-state index is 12.4. The van der Waals surface area contributed by atoms with Crippen LogP contribution >= 0.6 is 0 Å². The van der Waals surface area contributed by atoms with Crippen LogP contribution in [0.25, 0.3) is 0 Å². The molecule has 0 fully saturated rings. The number of nitrogens with zero attached hydrogens (tertiary/aromatic N) is 2. The van der Waals surface area contributed by atoms with Crippen molar-refractivity contribution < 1.29 is 4.79 Å². The van der Waals surface area contributed by atoms with Crippen molar-refractivity contribution in [2.45, 2.75) is 47.1 Å². The highest BCUT2D eigenvalue weighted by molar-refractivity contribution is 5.77. The molecule has 1 atom stereocenters. The van der Waals surface area contributed by atoms with Crippen molar-refractivity contribution in [3.8, 4) is 0 Å². The third kappa shape index (κ3) is 8.22. The summed E-state index contributed by atoms with van der Waals surface area (Å²) in [5.41, 5.74) is 6.09. The van der Waals surface area contributed by atoms with Gasteiger partial charge >= 0.3 is 0 Å². The quantitative estimate of drug-likeness (QED) is 0.768. The minimum absolute atomic E-state index is 0.0271. The second-order valence-electron chi connectivity index (χ2n) is 7.21. The van der Waals surface area contributed by atoms with Gasteiger partial charge in [-0.05, 0) is 25.4 Å². The maximum Gasteiger partial charge on any atom is 0.224 e. The van der Waals surface area contributed by atoms with Gasteiger partial charge in [-0.15, -0.1) is 0 Å². The van der Waals surface area contributed by atoms with Gasteiger partial charge in [-0.2, -0.15) is 0 Å². The zero-order chi connectivity index (χ0) is 15.2. The first-order chi connectivity index (χ1) is 8.54. The summed E-state index contributed by atoms with van der Waals surface area (Å²) < 4.78 is 0. The van der Waals surface area contributed by atoms with Crippen molar-refractivity contribution in [2.24, 2.45) is 17.1 Å². The highest BCUT2D eigenvalue weighted by Crippen LogP contribution is 2.20. The van der Waals surface area contributed by atoms with Crippen LogP contribution in [-0.2, 0) is 4.79 Å². The summed E-state index contributed by atoms with van der Waals surface area (Å²) in [6, 6.07) is -0.0889. The number of nitrogens with two attached hydrogens (primary N) is 1. The lowest BCUT2D eigenvalue weighted by atomic mass is 9.85. The lowest BCUT2D eigenvalue weighted by Crippen LogP contribution is -2.44. The lowest BCUT2D eigenvalue weighted by Gasteiger charge is -2.31. The fraction of sp³-hybridized carbons (Fsp3) is 0.933. The van der Waals surface area contributed by atoms with Crippen molar-refractivity contribution in [2.75, 3.05) is 33.7 Å². The van der Waals surface area contributed by atoms with Crippen molar-refractivity contribution in [1.29, 1.82) is 0 Å². The minimum Gasteiger partial charge on any atom is -0.341 e. The largest absolute Gasteiger partial charge is 0.341 e. The first kappa shape index (κ1) is 18.4. The van der Waals surface area contributed by atoms with Gasteiger partial charge in [-0.3, -0.25) is 4.79 Å². The Labute approximate surface area is 119 Å². The Morgan fingerprint density at radius 2 is 1.68 bits per heavy atom. The van der Waals surface area contributed by atoms with Gasteiger partial charge in [-0.1, -0.05) is 34.6 Å². The van der Waals surface area contributed by atoms with Crippen molar-refractivity contribution in [3.63, 3.8) is 0 Å². The van der Waals surface area contributed by atoms with E-state index >= 15 is 0 Å². The van der Waals surface area contributed by atoms with Crippen molar-refractivity contribution in [1.82, 2.24) is 9.80 Å². The van der Waals surface area contributed by atoms with Crippen LogP contribution in [0.4, 0.5) is 0 Å². The summed E-state index contributed by atoms with van der Waals surface area (Å²) in [4.78, 5) is 16.4. The van der Waals surface area contributed by atoms with E-state index in [4.69, 9.17) is 5.73 Å². The van der Waals surface area contributed by atoms with Gasteiger partial charge in [0.1, 0.15) is 0 Å². The molecule has 0 aromatic heterocycles. The van der Waals surface area contributed by atoms with Crippen LogP contribution in [-0.4, -0.2) is 55.5 Å². The van der Waals surface area contributed by atoms with Gasteiger partial charge in [0.15, 0.2) is 0 Å². The first-order valence-electron chi connectivity index (χ1n) is 7.22. The summed E-state index contributed by atoms with van der Waals surface area (Å²) in [6.45, 7) is 13.0. The molecule has 0 saturated heterocycles. The molecule has 0 radical (unpaired) electrons. The molecule has 4 nitrogen and oxygen atoms in total. The lowest BCUT2D eigenvalue weighted by molar-refractivity contribution is -0.132. The van der Waals surface area contributed by atoms with E-state index in [0.29, 0.717) is 12.3 Å². The number of hydrogen-bond acceptors (Lipinski definition) is 3. The van der Waals surface area contributed by atoms with E-state index in [2.05, 4.69) is 39.5 Å².